The van der Waals surface area contributed by atoms with Crippen molar-refractivity contribution in [2.45, 2.75) is 0 Å². The van der Waals surface area contributed by atoms with Crippen LogP contribution in [0.2, 0.25) is 10.0 Å². The minimum absolute atomic E-state index is 0.460. The Morgan fingerprint density at radius 2 is 1.89 bits per heavy atom. The van der Waals surface area contributed by atoms with Crippen LogP contribution in [0.4, 0.5) is 11.4 Å². The van der Waals surface area contributed by atoms with Crippen molar-refractivity contribution >= 4 is 50.5 Å². The molecule has 18 heavy (non-hydrogen) atoms. The van der Waals surface area contributed by atoms with Gasteiger partial charge in [0, 0.05) is 9.50 Å². The van der Waals surface area contributed by atoms with E-state index >= 15 is 0 Å². The van der Waals surface area contributed by atoms with Gasteiger partial charge in [-0.2, -0.15) is 0 Å². The molecule has 0 aliphatic heterocycles. The molecule has 0 unspecified atom stereocenters. The van der Waals surface area contributed by atoms with E-state index in [1.54, 1.807) is 18.2 Å². The molecule has 0 amide bonds. The van der Waals surface area contributed by atoms with E-state index in [0.29, 0.717) is 15.7 Å². The fourth-order valence-electron chi connectivity index (χ4n) is 1.26. The van der Waals surface area contributed by atoms with Crippen LogP contribution in [0.25, 0.3) is 0 Å². The fourth-order valence-corrected chi connectivity index (χ4v) is 2.10. The number of rotatable bonds is 3. The number of hydrogen-bond acceptors (Lipinski definition) is 2. The molecule has 92 valence electrons. The van der Waals surface area contributed by atoms with Gasteiger partial charge in [-0.15, -0.1) is 5.11 Å². The Labute approximate surface area is 123 Å². The van der Waals surface area contributed by atoms with Crippen molar-refractivity contribution < 1.29 is 0 Å². The molecular formula is C12H8BrCl2N3. The maximum atomic E-state index is 5.96. The number of halogens is 3. The molecule has 0 aromatic heterocycles. The molecule has 0 atom stereocenters. The predicted octanol–water partition coefficient (Wildman–Crippen LogP) is 5.87. The Morgan fingerprint density at radius 1 is 1.06 bits per heavy atom. The Bertz CT molecular complexity index is 587. The van der Waals surface area contributed by atoms with Crippen molar-refractivity contribution in [2.24, 2.45) is 10.3 Å². The summed E-state index contributed by atoms with van der Waals surface area (Å²) >= 11 is 15.1. The van der Waals surface area contributed by atoms with E-state index < -0.39 is 0 Å². The van der Waals surface area contributed by atoms with Crippen LogP contribution in [-0.4, -0.2) is 0 Å². The van der Waals surface area contributed by atoms with Crippen LogP contribution < -0.4 is 5.43 Å². The zero-order valence-corrected chi connectivity index (χ0v) is 12.2. The molecule has 6 heteroatoms. The molecule has 0 aliphatic rings. The number of nitrogens with zero attached hydrogens (tertiary/aromatic N) is 2. The van der Waals surface area contributed by atoms with E-state index in [4.69, 9.17) is 23.2 Å². The van der Waals surface area contributed by atoms with E-state index in [1.165, 1.54) is 0 Å². The molecule has 2 aromatic carbocycles. The number of hydrogen-bond donors (Lipinski definition) is 1. The van der Waals surface area contributed by atoms with Crippen molar-refractivity contribution in [3.8, 4) is 0 Å². The van der Waals surface area contributed by atoms with Crippen LogP contribution in [0, 0.1) is 0 Å². The second-order valence-corrected chi connectivity index (χ2v) is 5.18. The molecule has 2 rings (SSSR count). The van der Waals surface area contributed by atoms with Crippen molar-refractivity contribution in [3.05, 3.63) is 57.0 Å². The summed E-state index contributed by atoms with van der Waals surface area (Å²) in [6, 6.07) is 12.6. The molecule has 1 N–H and O–H groups in total. The first-order chi connectivity index (χ1) is 8.65. The molecule has 0 spiro atoms. The van der Waals surface area contributed by atoms with Gasteiger partial charge in [0.2, 0.25) is 0 Å². The van der Waals surface area contributed by atoms with E-state index in [0.717, 1.165) is 10.2 Å². The summed E-state index contributed by atoms with van der Waals surface area (Å²) in [6.45, 7) is 0. The van der Waals surface area contributed by atoms with Gasteiger partial charge in [0.05, 0.1) is 10.7 Å². The quantitative estimate of drug-likeness (QED) is 0.548. The van der Waals surface area contributed by atoms with E-state index in [-0.39, 0.29) is 0 Å². The minimum Gasteiger partial charge on any atom is -0.260 e. The normalized spacial score (nSPS) is 10.8. The summed E-state index contributed by atoms with van der Waals surface area (Å²) in [4.78, 5) is 0. The molecule has 0 saturated carbocycles. The van der Waals surface area contributed by atoms with Gasteiger partial charge in [0.15, 0.2) is 0 Å². The lowest BCUT2D eigenvalue weighted by molar-refractivity contribution is 1.13. The van der Waals surface area contributed by atoms with Crippen molar-refractivity contribution in [3.63, 3.8) is 0 Å². The van der Waals surface area contributed by atoms with Crippen molar-refractivity contribution in [1.82, 2.24) is 0 Å². The second kappa shape index (κ2) is 6.18. The molecule has 3 nitrogen and oxygen atoms in total. The average Bonchev–Trinajstić information content (AvgIpc) is 2.32. The third-order valence-electron chi connectivity index (χ3n) is 2.07. The van der Waals surface area contributed by atoms with Gasteiger partial charge in [0.1, 0.15) is 5.69 Å². The molecule has 0 bridgehead atoms. The van der Waals surface area contributed by atoms with Crippen LogP contribution in [0.1, 0.15) is 0 Å². The summed E-state index contributed by atoms with van der Waals surface area (Å²) in [6.07, 6.45) is 0. The molecule has 2 aromatic rings. The second-order valence-electron chi connectivity index (χ2n) is 3.42. The first-order valence-corrected chi connectivity index (χ1v) is 6.57. The van der Waals surface area contributed by atoms with Crippen molar-refractivity contribution in [2.75, 3.05) is 5.43 Å². The Kier molecular flexibility index (Phi) is 4.58. The lowest BCUT2D eigenvalue weighted by Crippen LogP contribution is -1.85. The lowest BCUT2D eigenvalue weighted by Gasteiger charge is -2.00. The van der Waals surface area contributed by atoms with Gasteiger partial charge in [-0.3, -0.25) is 5.43 Å². The average molecular weight is 345 g/mol. The van der Waals surface area contributed by atoms with Gasteiger partial charge in [-0.25, -0.2) is 0 Å². The smallest absolute Gasteiger partial charge is 0.106 e. The highest BCUT2D eigenvalue weighted by molar-refractivity contribution is 9.10. The van der Waals surface area contributed by atoms with Crippen molar-refractivity contribution in [1.29, 1.82) is 0 Å². The Hall–Kier alpha value is -1.10. The first kappa shape index (κ1) is 13.3. The summed E-state index contributed by atoms with van der Waals surface area (Å²) < 4.78 is 0.965. The zero-order valence-electron chi connectivity index (χ0n) is 9.07. The number of benzene rings is 2. The fraction of sp³-hybridized carbons (Fsp3) is 0. The van der Waals surface area contributed by atoms with Gasteiger partial charge < -0.3 is 0 Å². The van der Waals surface area contributed by atoms with Crippen LogP contribution in [0.3, 0.4) is 0 Å². The highest BCUT2D eigenvalue weighted by atomic mass is 79.9. The van der Waals surface area contributed by atoms with E-state index in [2.05, 4.69) is 31.7 Å². The number of anilines is 1. The minimum atomic E-state index is 0.460. The summed E-state index contributed by atoms with van der Waals surface area (Å²) in [5.74, 6) is 0. The predicted molar refractivity (Wildman–Crippen MR) is 78.7 cm³/mol. The Morgan fingerprint density at radius 3 is 2.61 bits per heavy atom. The zero-order chi connectivity index (χ0) is 13.0. The van der Waals surface area contributed by atoms with Crippen LogP contribution in [0.5, 0.6) is 0 Å². The molecule has 0 fully saturated rings. The lowest BCUT2D eigenvalue weighted by atomic mass is 10.3. The molecular weight excluding hydrogens is 337 g/mol. The van der Waals surface area contributed by atoms with E-state index in [1.807, 2.05) is 24.3 Å². The van der Waals surface area contributed by atoms with Gasteiger partial charge >= 0.3 is 0 Å². The molecule has 0 heterocycles. The monoisotopic (exact) mass is 343 g/mol. The van der Waals surface area contributed by atoms with Gasteiger partial charge in [-0.05, 0) is 36.4 Å². The van der Waals surface area contributed by atoms with E-state index in [9.17, 15) is 0 Å². The third kappa shape index (κ3) is 3.70. The molecule has 0 radical (unpaired) electrons. The third-order valence-corrected chi connectivity index (χ3v) is 3.10. The highest BCUT2D eigenvalue weighted by Gasteiger charge is 1.99. The SMILES string of the molecule is Clc1ccc(N=NNc2cccc(Br)c2)c(Cl)c1. The summed E-state index contributed by atoms with van der Waals surface area (Å²) in [5, 5.41) is 8.88. The van der Waals surface area contributed by atoms with Crippen LogP contribution in [0.15, 0.2) is 57.3 Å². The molecule has 0 aliphatic carbocycles. The largest absolute Gasteiger partial charge is 0.260 e. The summed E-state index contributed by atoms with van der Waals surface area (Å²) in [5.41, 5.74) is 4.20. The maximum Gasteiger partial charge on any atom is 0.106 e. The highest BCUT2D eigenvalue weighted by Crippen LogP contribution is 2.28. The Balaban J connectivity index is 2.07. The van der Waals surface area contributed by atoms with Gasteiger partial charge in [-0.1, -0.05) is 50.4 Å². The summed E-state index contributed by atoms with van der Waals surface area (Å²) in [7, 11) is 0. The number of nitrogens with one attached hydrogen (secondary N) is 1. The first-order valence-electron chi connectivity index (χ1n) is 5.02. The topological polar surface area (TPSA) is 36.8 Å². The van der Waals surface area contributed by atoms with Gasteiger partial charge in [0.25, 0.3) is 0 Å². The molecule has 0 saturated heterocycles. The maximum absolute atomic E-state index is 5.96. The van der Waals surface area contributed by atoms with Crippen LogP contribution >= 0.6 is 39.1 Å². The van der Waals surface area contributed by atoms with Crippen LogP contribution in [-0.2, 0) is 0 Å². The standard InChI is InChI=1S/C12H8BrCl2N3/c13-8-2-1-3-10(6-8)16-18-17-12-5-4-9(14)7-11(12)15/h1-7H,(H,16,17).